The molecule has 1 aromatic rings. The number of halogens is 2. The van der Waals surface area contributed by atoms with Crippen molar-refractivity contribution < 1.29 is 18.3 Å². The van der Waals surface area contributed by atoms with Gasteiger partial charge in [0.2, 0.25) is 0 Å². The highest BCUT2D eigenvalue weighted by atomic mass is 19.3. The number of ether oxygens (including phenoxy) is 2. The Morgan fingerprint density at radius 3 is 2.20 bits per heavy atom. The summed E-state index contributed by atoms with van der Waals surface area (Å²) < 4.78 is 33.4. The van der Waals surface area contributed by atoms with E-state index < -0.39 is 6.61 Å². The fourth-order valence-electron chi connectivity index (χ4n) is 1.24. The molecule has 1 N–H and O–H groups in total. The van der Waals surface area contributed by atoms with Crippen LogP contribution in [-0.2, 0) is 0 Å². The van der Waals surface area contributed by atoms with E-state index in [0.717, 1.165) is 13.1 Å². The Kier molecular flexibility index (Phi) is 3.01. The predicted molar refractivity (Wildman–Crippen MR) is 50.4 cm³/mol. The first kappa shape index (κ1) is 10.2. The van der Waals surface area contributed by atoms with Crippen molar-refractivity contribution in [1.82, 2.24) is 5.32 Å². The van der Waals surface area contributed by atoms with Gasteiger partial charge in [0.05, 0.1) is 0 Å². The van der Waals surface area contributed by atoms with Crippen molar-refractivity contribution in [2.24, 2.45) is 0 Å². The van der Waals surface area contributed by atoms with Gasteiger partial charge >= 0.3 is 6.61 Å². The second-order valence-electron chi connectivity index (χ2n) is 3.25. The Hall–Kier alpha value is -1.36. The molecule has 0 radical (unpaired) electrons. The Morgan fingerprint density at radius 1 is 1.13 bits per heavy atom. The predicted octanol–water partition coefficient (Wildman–Crippen LogP) is 1.64. The van der Waals surface area contributed by atoms with Gasteiger partial charge in [-0.1, -0.05) is 0 Å². The van der Waals surface area contributed by atoms with Crippen LogP contribution in [0.3, 0.4) is 0 Å². The Morgan fingerprint density at radius 2 is 1.73 bits per heavy atom. The Balaban J connectivity index is 1.91. The molecule has 0 aromatic heterocycles. The summed E-state index contributed by atoms with van der Waals surface area (Å²) in [6.45, 7) is -1.13. The van der Waals surface area contributed by atoms with E-state index in [1.165, 1.54) is 12.1 Å². The fraction of sp³-hybridized carbons (Fsp3) is 0.400. The molecule has 82 valence electrons. The molecule has 0 amide bonds. The van der Waals surface area contributed by atoms with Crippen LogP contribution in [0.2, 0.25) is 0 Å². The van der Waals surface area contributed by atoms with Crippen LogP contribution in [0.15, 0.2) is 24.3 Å². The van der Waals surface area contributed by atoms with E-state index in [4.69, 9.17) is 4.74 Å². The van der Waals surface area contributed by atoms with Gasteiger partial charge in [-0.2, -0.15) is 8.78 Å². The zero-order valence-electron chi connectivity index (χ0n) is 7.95. The third kappa shape index (κ3) is 2.79. The first-order chi connectivity index (χ1) is 7.24. The van der Waals surface area contributed by atoms with Crippen LogP contribution >= 0.6 is 0 Å². The molecule has 1 aliphatic rings. The van der Waals surface area contributed by atoms with Gasteiger partial charge in [-0.3, -0.25) is 0 Å². The molecular formula is C10H11F2NO2. The van der Waals surface area contributed by atoms with Crippen LogP contribution in [0.1, 0.15) is 0 Å². The third-order valence-corrected chi connectivity index (χ3v) is 2.10. The molecule has 0 unspecified atom stereocenters. The monoisotopic (exact) mass is 215 g/mol. The van der Waals surface area contributed by atoms with Crippen LogP contribution in [0.4, 0.5) is 8.78 Å². The minimum atomic E-state index is -2.78. The lowest BCUT2D eigenvalue weighted by Gasteiger charge is -2.27. The number of hydrogen-bond acceptors (Lipinski definition) is 3. The van der Waals surface area contributed by atoms with Crippen molar-refractivity contribution in [3.8, 4) is 11.5 Å². The van der Waals surface area contributed by atoms with Crippen LogP contribution in [0.25, 0.3) is 0 Å². The van der Waals surface area contributed by atoms with Crippen molar-refractivity contribution in [3.63, 3.8) is 0 Å². The summed E-state index contributed by atoms with van der Waals surface area (Å²) in [4.78, 5) is 0. The maximum absolute atomic E-state index is 11.8. The maximum atomic E-state index is 11.8. The normalized spacial score (nSPS) is 16.2. The van der Waals surface area contributed by atoms with E-state index in [1.54, 1.807) is 12.1 Å². The topological polar surface area (TPSA) is 30.5 Å². The molecule has 5 heteroatoms. The first-order valence-corrected chi connectivity index (χ1v) is 4.66. The molecule has 0 spiro atoms. The summed E-state index contributed by atoms with van der Waals surface area (Å²) in [5.41, 5.74) is 0. The van der Waals surface area contributed by atoms with E-state index in [9.17, 15) is 8.78 Å². The van der Waals surface area contributed by atoms with E-state index >= 15 is 0 Å². The van der Waals surface area contributed by atoms with Crippen LogP contribution < -0.4 is 14.8 Å². The van der Waals surface area contributed by atoms with E-state index in [-0.39, 0.29) is 11.9 Å². The molecule has 1 aromatic carbocycles. The van der Waals surface area contributed by atoms with Crippen molar-refractivity contribution >= 4 is 0 Å². The molecule has 0 saturated carbocycles. The molecule has 1 fully saturated rings. The molecule has 0 bridgehead atoms. The maximum Gasteiger partial charge on any atom is 0.387 e. The minimum Gasteiger partial charge on any atom is -0.488 e. The quantitative estimate of drug-likeness (QED) is 0.828. The number of benzene rings is 1. The molecule has 1 aliphatic heterocycles. The molecule has 0 aliphatic carbocycles. The lowest BCUT2D eigenvalue weighted by Crippen LogP contribution is -2.50. The summed E-state index contributed by atoms with van der Waals surface area (Å²) in [7, 11) is 0. The van der Waals surface area contributed by atoms with Crippen molar-refractivity contribution in [3.05, 3.63) is 24.3 Å². The second-order valence-corrected chi connectivity index (χ2v) is 3.25. The Labute approximate surface area is 86.0 Å². The lowest BCUT2D eigenvalue weighted by atomic mass is 10.2. The van der Waals surface area contributed by atoms with Gasteiger partial charge in [0.15, 0.2) is 0 Å². The van der Waals surface area contributed by atoms with Gasteiger partial charge in [-0.15, -0.1) is 0 Å². The highest BCUT2D eigenvalue weighted by molar-refractivity contribution is 5.31. The molecule has 1 saturated heterocycles. The molecular weight excluding hydrogens is 204 g/mol. The first-order valence-electron chi connectivity index (χ1n) is 4.66. The van der Waals surface area contributed by atoms with Gasteiger partial charge in [-0.25, -0.2) is 0 Å². The van der Waals surface area contributed by atoms with Crippen molar-refractivity contribution in [2.45, 2.75) is 12.7 Å². The largest absolute Gasteiger partial charge is 0.488 e. The zero-order chi connectivity index (χ0) is 10.7. The van der Waals surface area contributed by atoms with Gasteiger partial charge in [0.25, 0.3) is 0 Å². The molecule has 15 heavy (non-hydrogen) atoms. The summed E-state index contributed by atoms with van der Waals surface area (Å²) in [6.07, 6.45) is 0.187. The molecule has 2 rings (SSSR count). The van der Waals surface area contributed by atoms with Gasteiger partial charge < -0.3 is 14.8 Å². The van der Waals surface area contributed by atoms with E-state index in [1.807, 2.05) is 0 Å². The van der Waals surface area contributed by atoms with Crippen LogP contribution in [-0.4, -0.2) is 25.8 Å². The summed E-state index contributed by atoms with van der Waals surface area (Å²) in [5, 5.41) is 3.07. The highest BCUT2D eigenvalue weighted by Crippen LogP contribution is 2.20. The van der Waals surface area contributed by atoms with Gasteiger partial charge in [-0.05, 0) is 24.3 Å². The lowest BCUT2D eigenvalue weighted by molar-refractivity contribution is -0.0498. The van der Waals surface area contributed by atoms with Crippen LogP contribution in [0.5, 0.6) is 11.5 Å². The third-order valence-electron chi connectivity index (χ3n) is 2.10. The van der Waals surface area contributed by atoms with Gasteiger partial charge in [0.1, 0.15) is 17.6 Å². The minimum absolute atomic E-state index is 0.143. The number of hydrogen-bond donors (Lipinski definition) is 1. The van der Waals surface area contributed by atoms with Crippen molar-refractivity contribution in [1.29, 1.82) is 0 Å². The average molecular weight is 215 g/mol. The smallest absolute Gasteiger partial charge is 0.387 e. The van der Waals surface area contributed by atoms with Crippen LogP contribution in [0, 0.1) is 0 Å². The average Bonchev–Trinajstić information content (AvgIpc) is 2.13. The zero-order valence-corrected chi connectivity index (χ0v) is 7.95. The number of rotatable bonds is 4. The summed E-state index contributed by atoms with van der Waals surface area (Å²) >= 11 is 0. The summed E-state index contributed by atoms with van der Waals surface area (Å²) in [6, 6.07) is 6.17. The number of alkyl halides is 2. The van der Waals surface area contributed by atoms with Gasteiger partial charge in [0, 0.05) is 13.1 Å². The van der Waals surface area contributed by atoms with E-state index in [2.05, 4.69) is 10.1 Å². The molecule has 3 nitrogen and oxygen atoms in total. The fourth-order valence-corrected chi connectivity index (χ4v) is 1.24. The van der Waals surface area contributed by atoms with Crippen molar-refractivity contribution in [2.75, 3.05) is 13.1 Å². The molecule has 1 heterocycles. The standard InChI is InChI=1S/C10H11F2NO2/c11-10(12)15-8-3-1-7(2-4-8)14-9-5-13-6-9/h1-4,9-10,13H,5-6H2. The highest BCUT2D eigenvalue weighted by Gasteiger charge is 2.18. The number of nitrogens with one attached hydrogen (secondary N) is 1. The van der Waals surface area contributed by atoms with E-state index in [0.29, 0.717) is 5.75 Å². The Bertz CT molecular complexity index is 312. The second kappa shape index (κ2) is 4.44. The summed E-state index contributed by atoms with van der Waals surface area (Å²) in [5.74, 6) is 0.812. The molecule has 0 atom stereocenters. The SMILES string of the molecule is FC(F)Oc1ccc(OC2CNC2)cc1.